The van der Waals surface area contributed by atoms with E-state index in [-0.39, 0.29) is 24.9 Å². The van der Waals surface area contributed by atoms with E-state index in [1.807, 2.05) is 0 Å². The Morgan fingerprint density at radius 2 is 2.27 bits per heavy atom. The zero-order chi connectivity index (χ0) is 11.1. The van der Waals surface area contributed by atoms with Gasteiger partial charge in [0.15, 0.2) is 0 Å². The Morgan fingerprint density at radius 1 is 1.60 bits per heavy atom. The van der Waals surface area contributed by atoms with Crippen molar-refractivity contribution in [3.63, 3.8) is 0 Å². The van der Waals surface area contributed by atoms with E-state index in [1.54, 1.807) is 0 Å². The molecule has 1 heterocycles. The van der Waals surface area contributed by atoms with Crippen LogP contribution in [0, 0.1) is 0 Å². The molecule has 0 N–H and O–H groups in total. The molecule has 6 heteroatoms. The Labute approximate surface area is 85.5 Å². The second kappa shape index (κ2) is 3.29. The molecule has 1 saturated carbocycles. The average molecular weight is 215 g/mol. The van der Waals surface area contributed by atoms with E-state index in [0.29, 0.717) is 0 Å². The van der Waals surface area contributed by atoms with Gasteiger partial charge < -0.3 is 4.90 Å². The van der Waals surface area contributed by atoms with Crippen molar-refractivity contribution in [3.05, 3.63) is 18.7 Å². The molecule has 0 aromatic carbocycles. The van der Waals surface area contributed by atoms with Crippen molar-refractivity contribution < 1.29 is 13.6 Å². The smallest absolute Gasteiger partial charge is 0.324 e. The first-order valence-electron chi connectivity index (χ1n) is 4.62. The SMILES string of the molecule is CN(C(=O)n1ccnc1)C1CC(F)(F)C1. The molecule has 1 aliphatic carbocycles. The monoisotopic (exact) mass is 215 g/mol. The van der Waals surface area contributed by atoms with Gasteiger partial charge in [0.2, 0.25) is 0 Å². The van der Waals surface area contributed by atoms with Crippen LogP contribution >= 0.6 is 0 Å². The third-order valence-corrected chi connectivity index (χ3v) is 2.64. The molecule has 0 bridgehead atoms. The molecule has 0 saturated heterocycles. The predicted molar refractivity (Wildman–Crippen MR) is 48.8 cm³/mol. The van der Waals surface area contributed by atoms with Gasteiger partial charge in [-0.2, -0.15) is 0 Å². The maximum Gasteiger partial charge on any atom is 0.329 e. The van der Waals surface area contributed by atoms with Gasteiger partial charge in [-0.1, -0.05) is 0 Å². The number of rotatable bonds is 1. The molecule has 0 spiro atoms. The Kier molecular flexibility index (Phi) is 2.21. The molecule has 1 aromatic rings. The Balaban J connectivity index is 1.98. The van der Waals surface area contributed by atoms with E-state index < -0.39 is 5.92 Å². The lowest BCUT2D eigenvalue weighted by Gasteiger charge is -2.40. The van der Waals surface area contributed by atoms with Crippen LogP contribution in [-0.2, 0) is 0 Å². The van der Waals surface area contributed by atoms with Crippen molar-refractivity contribution in [1.82, 2.24) is 14.5 Å². The number of imidazole rings is 1. The zero-order valence-corrected chi connectivity index (χ0v) is 8.23. The van der Waals surface area contributed by atoms with Gasteiger partial charge in [0, 0.05) is 38.3 Å². The van der Waals surface area contributed by atoms with Crippen molar-refractivity contribution in [2.45, 2.75) is 24.8 Å². The van der Waals surface area contributed by atoms with Crippen LogP contribution in [0.25, 0.3) is 0 Å². The first-order valence-corrected chi connectivity index (χ1v) is 4.62. The Hall–Kier alpha value is -1.46. The summed E-state index contributed by atoms with van der Waals surface area (Å²) in [5.74, 6) is -2.60. The van der Waals surface area contributed by atoms with Crippen molar-refractivity contribution >= 4 is 6.03 Å². The van der Waals surface area contributed by atoms with Crippen LogP contribution < -0.4 is 0 Å². The van der Waals surface area contributed by atoms with Gasteiger partial charge in [0.05, 0.1) is 0 Å². The number of nitrogens with zero attached hydrogens (tertiary/aromatic N) is 3. The fourth-order valence-corrected chi connectivity index (χ4v) is 1.61. The van der Waals surface area contributed by atoms with Gasteiger partial charge >= 0.3 is 6.03 Å². The van der Waals surface area contributed by atoms with Crippen molar-refractivity contribution in [1.29, 1.82) is 0 Å². The molecular formula is C9H11F2N3O. The molecule has 0 radical (unpaired) electrons. The van der Waals surface area contributed by atoms with Crippen LogP contribution in [0.2, 0.25) is 0 Å². The number of alkyl halides is 2. The highest BCUT2D eigenvalue weighted by Crippen LogP contribution is 2.40. The second-order valence-corrected chi connectivity index (χ2v) is 3.78. The van der Waals surface area contributed by atoms with Crippen LogP contribution in [-0.4, -0.2) is 39.5 Å². The molecule has 1 amide bonds. The van der Waals surface area contributed by atoms with Crippen LogP contribution in [0.5, 0.6) is 0 Å². The average Bonchev–Trinajstić information content (AvgIpc) is 2.64. The van der Waals surface area contributed by atoms with Gasteiger partial charge in [-0.15, -0.1) is 0 Å². The number of amides is 1. The second-order valence-electron chi connectivity index (χ2n) is 3.78. The summed E-state index contributed by atoms with van der Waals surface area (Å²) in [5, 5.41) is 0. The summed E-state index contributed by atoms with van der Waals surface area (Å²) in [6.45, 7) is 0. The number of halogens is 2. The molecule has 1 aromatic heterocycles. The highest BCUT2D eigenvalue weighted by molar-refractivity contribution is 5.76. The van der Waals surface area contributed by atoms with Crippen molar-refractivity contribution in [3.8, 4) is 0 Å². The maximum atomic E-state index is 12.6. The summed E-state index contributed by atoms with van der Waals surface area (Å²) in [5.41, 5.74) is 0. The van der Waals surface area contributed by atoms with Gasteiger partial charge in [-0.25, -0.2) is 18.6 Å². The van der Waals surface area contributed by atoms with Gasteiger partial charge in [-0.3, -0.25) is 4.57 Å². The third kappa shape index (κ3) is 1.84. The highest BCUT2D eigenvalue weighted by Gasteiger charge is 2.48. The van der Waals surface area contributed by atoms with E-state index in [9.17, 15) is 13.6 Å². The minimum atomic E-state index is -2.60. The fourth-order valence-electron chi connectivity index (χ4n) is 1.61. The molecular weight excluding hydrogens is 204 g/mol. The molecule has 4 nitrogen and oxygen atoms in total. The van der Waals surface area contributed by atoms with Gasteiger partial charge in [-0.05, 0) is 0 Å². The topological polar surface area (TPSA) is 38.1 Å². The van der Waals surface area contributed by atoms with E-state index >= 15 is 0 Å². The summed E-state index contributed by atoms with van der Waals surface area (Å²) in [6, 6.07) is -0.692. The number of carbonyl (C=O) groups is 1. The summed E-state index contributed by atoms with van der Waals surface area (Å²) < 4.78 is 26.5. The minimum Gasteiger partial charge on any atom is -0.324 e. The lowest BCUT2D eigenvalue weighted by molar-refractivity contribution is -0.111. The van der Waals surface area contributed by atoms with Crippen LogP contribution in [0.3, 0.4) is 0 Å². The predicted octanol–water partition coefficient (Wildman–Crippen LogP) is 1.58. The summed E-state index contributed by atoms with van der Waals surface area (Å²) >= 11 is 0. The van der Waals surface area contributed by atoms with Gasteiger partial charge in [0.1, 0.15) is 6.33 Å². The first kappa shape index (κ1) is 10.1. The highest BCUT2D eigenvalue weighted by atomic mass is 19.3. The van der Waals surface area contributed by atoms with Crippen molar-refractivity contribution in [2.75, 3.05) is 7.05 Å². The van der Waals surface area contributed by atoms with Crippen LogP contribution in [0.1, 0.15) is 12.8 Å². The number of aromatic nitrogens is 2. The molecule has 0 atom stereocenters. The Morgan fingerprint density at radius 3 is 2.73 bits per heavy atom. The summed E-state index contributed by atoms with van der Waals surface area (Å²) in [6.07, 6.45) is 3.83. The Bertz CT molecular complexity index is 355. The molecule has 15 heavy (non-hydrogen) atoms. The summed E-state index contributed by atoms with van der Waals surface area (Å²) in [4.78, 5) is 16.7. The van der Waals surface area contributed by atoms with E-state index in [1.165, 1.54) is 35.2 Å². The lowest BCUT2D eigenvalue weighted by atomic mass is 9.87. The zero-order valence-electron chi connectivity index (χ0n) is 8.23. The van der Waals surface area contributed by atoms with E-state index in [0.717, 1.165) is 0 Å². The fraction of sp³-hybridized carbons (Fsp3) is 0.556. The quantitative estimate of drug-likeness (QED) is 0.713. The van der Waals surface area contributed by atoms with Crippen LogP contribution in [0.15, 0.2) is 18.7 Å². The number of carbonyl (C=O) groups excluding carboxylic acids is 1. The first-order chi connectivity index (χ1) is 6.99. The molecule has 1 aliphatic rings. The largest absolute Gasteiger partial charge is 0.329 e. The number of hydrogen-bond donors (Lipinski definition) is 0. The molecule has 82 valence electrons. The van der Waals surface area contributed by atoms with E-state index in [4.69, 9.17) is 0 Å². The lowest BCUT2D eigenvalue weighted by Crippen LogP contribution is -2.52. The maximum absolute atomic E-state index is 12.6. The molecule has 0 unspecified atom stereocenters. The third-order valence-electron chi connectivity index (χ3n) is 2.64. The van der Waals surface area contributed by atoms with Crippen LogP contribution in [0.4, 0.5) is 13.6 Å². The number of hydrogen-bond acceptors (Lipinski definition) is 2. The summed E-state index contributed by atoms with van der Waals surface area (Å²) in [7, 11) is 1.53. The molecule has 0 aliphatic heterocycles. The standard InChI is InChI=1S/C9H11F2N3O/c1-13(7-4-9(10,11)5-7)8(15)14-3-2-12-6-14/h2-3,6-7H,4-5H2,1H3. The molecule has 1 fully saturated rings. The van der Waals surface area contributed by atoms with Gasteiger partial charge in [0.25, 0.3) is 5.92 Å². The minimum absolute atomic E-state index is 0.246. The van der Waals surface area contributed by atoms with Crippen molar-refractivity contribution in [2.24, 2.45) is 0 Å². The molecule has 2 rings (SSSR count). The van der Waals surface area contributed by atoms with E-state index in [2.05, 4.69) is 4.98 Å². The normalized spacial score (nSPS) is 19.7.